The number of hydrogen-bond acceptors (Lipinski definition) is 4. The minimum absolute atomic E-state index is 0.143. The molecule has 1 aliphatic rings. The highest BCUT2D eigenvalue weighted by atomic mass is 16.5. The summed E-state index contributed by atoms with van der Waals surface area (Å²) >= 11 is 0. The summed E-state index contributed by atoms with van der Waals surface area (Å²) in [7, 11) is 0. The lowest BCUT2D eigenvalue weighted by Gasteiger charge is -2.13. The number of esters is 1. The molecule has 5 nitrogen and oxygen atoms in total. The van der Waals surface area contributed by atoms with Crippen LogP contribution in [-0.4, -0.2) is 31.3 Å². The van der Waals surface area contributed by atoms with Crippen LogP contribution in [0.1, 0.15) is 33.6 Å². The molecule has 0 bridgehead atoms. The molecule has 1 rings (SSSR count). The van der Waals surface area contributed by atoms with Crippen molar-refractivity contribution < 1.29 is 19.1 Å². The number of carbonyl (C=O) groups excluding carboxylic acids is 2. The second-order valence-corrected chi connectivity index (χ2v) is 3.85. The van der Waals surface area contributed by atoms with E-state index < -0.39 is 11.5 Å². The van der Waals surface area contributed by atoms with Gasteiger partial charge in [0.25, 0.3) is 0 Å². The summed E-state index contributed by atoms with van der Waals surface area (Å²) in [5.41, 5.74) is -0.525. The monoisotopic (exact) mass is 229 g/mol. The zero-order valence-corrected chi connectivity index (χ0v) is 10.0. The second kappa shape index (κ2) is 5.18. The molecule has 2 atom stereocenters. The zero-order chi connectivity index (χ0) is 12.2. The van der Waals surface area contributed by atoms with Crippen LogP contribution < -0.4 is 5.32 Å². The van der Waals surface area contributed by atoms with Crippen LogP contribution >= 0.6 is 0 Å². The predicted molar refractivity (Wildman–Crippen MR) is 57.9 cm³/mol. The first-order valence-corrected chi connectivity index (χ1v) is 5.71. The third-order valence-electron chi connectivity index (χ3n) is 2.96. The van der Waals surface area contributed by atoms with Gasteiger partial charge in [-0.25, -0.2) is 4.79 Å². The Kier molecular flexibility index (Phi) is 4.15. The molecule has 0 spiro atoms. The fraction of sp³-hybridized carbons (Fsp3) is 0.818. The smallest absolute Gasteiger partial charge is 0.407 e. The van der Waals surface area contributed by atoms with Gasteiger partial charge in [0.05, 0.1) is 18.6 Å². The fourth-order valence-corrected chi connectivity index (χ4v) is 1.85. The predicted octanol–water partition coefficient (Wildman–Crippen LogP) is 1.46. The van der Waals surface area contributed by atoms with Crippen molar-refractivity contribution in [1.82, 2.24) is 5.32 Å². The highest BCUT2D eigenvalue weighted by Crippen LogP contribution is 2.50. The van der Waals surface area contributed by atoms with Crippen LogP contribution in [0.25, 0.3) is 0 Å². The Morgan fingerprint density at radius 2 is 1.88 bits per heavy atom. The Labute approximate surface area is 95.5 Å². The average molecular weight is 229 g/mol. The summed E-state index contributed by atoms with van der Waals surface area (Å²) in [5, 5.41) is 2.67. The first kappa shape index (κ1) is 12.8. The van der Waals surface area contributed by atoms with Crippen molar-refractivity contribution in [2.45, 2.75) is 39.7 Å². The minimum Gasteiger partial charge on any atom is -0.466 e. The molecule has 1 fully saturated rings. The Morgan fingerprint density at radius 3 is 2.38 bits per heavy atom. The average Bonchev–Trinajstić information content (AvgIpc) is 2.93. The van der Waals surface area contributed by atoms with E-state index in [2.05, 4.69) is 5.32 Å². The Bertz CT molecular complexity index is 279. The van der Waals surface area contributed by atoms with Crippen molar-refractivity contribution >= 4 is 12.1 Å². The standard InChI is InChI=1S/C11H19NO4/c1-4-11(9(13)15-5-2)7-8(11)12-10(14)16-6-3/h8H,4-7H2,1-3H3,(H,12,14). The molecule has 0 saturated heterocycles. The molecule has 5 heteroatoms. The summed E-state index contributed by atoms with van der Waals surface area (Å²) < 4.78 is 9.77. The van der Waals surface area contributed by atoms with Gasteiger partial charge in [-0.15, -0.1) is 0 Å². The Balaban J connectivity index is 2.48. The van der Waals surface area contributed by atoms with Gasteiger partial charge in [-0.2, -0.15) is 0 Å². The summed E-state index contributed by atoms with van der Waals surface area (Å²) in [6.45, 7) is 6.13. The number of rotatable bonds is 5. The molecule has 0 radical (unpaired) electrons. The van der Waals surface area contributed by atoms with E-state index in [1.807, 2.05) is 6.92 Å². The van der Waals surface area contributed by atoms with Crippen molar-refractivity contribution in [2.75, 3.05) is 13.2 Å². The fourth-order valence-electron chi connectivity index (χ4n) is 1.85. The van der Waals surface area contributed by atoms with Gasteiger partial charge >= 0.3 is 12.1 Å². The number of hydrogen-bond donors (Lipinski definition) is 1. The Morgan fingerprint density at radius 1 is 1.25 bits per heavy atom. The van der Waals surface area contributed by atoms with E-state index in [1.54, 1.807) is 13.8 Å². The van der Waals surface area contributed by atoms with Gasteiger partial charge in [-0.05, 0) is 26.7 Å². The van der Waals surface area contributed by atoms with Gasteiger partial charge < -0.3 is 14.8 Å². The van der Waals surface area contributed by atoms with Crippen LogP contribution in [0.15, 0.2) is 0 Å². The highest BCUT2D eigenvalue weighted by molar-refractivity contribution is 5.83. The topological polar surface area (TPSA) is 64.6 Å². The van der Waals surface area contributed by atoms with Crippen molar-refractivity contribution in [3.63, 3.8) is 0 Å². The number of nitrogens with one attached hydrogen (secondary N) is 1. The maximum atomic E-state index is 11.7. The molecular weight excluding hydrogens is 210 g/mol. The number of carbonyl (C=O) groups is 2. The van der Waals surface area contributed by atoms with E-state index in [-0.39, 0.29) is 12.0 Å². The van der Waals surface area contributed by atoms with Crippen molar-refractivity contribution in [1.29, 1.82) is 0 Å². The van der Waals surface area contributed by atoms with E-state index in [0.29, 0.717) is 26.1 Å². The molecule has 0 aromatic carbocycles. The number of ether oxygens (including phenoxy) is 2. The van der Waals surface area contributed by atoms with Crippen LogP contribution in [0, 0.1) is 5.41 Å². The molecule has 1 amide bonds. The first-order valence-electron chi connectivity index (χ1n) is 5.71. The quantitative estimate of drug-likeness (QED) is 0.725. The number of alkyl carbamates (subject to hydrolysis) is 1. The normalized spacial score (nSPS) is 27.1. The third-order valence-corrected chi connectivity index (χ3v) is 2.96. The molecule has 92 valence electrons. The van der Waals surface area contributed by atoms with Crippen LogP contribution in [0.5, 0.6) is 0 Å². The molecular formula is C11H19NO4. The second-order valence-electron chi connectivity index (χ2n) is 3.85. The third kappa shape index (κ3) is 2.46. The van der Waals surface area contributed by atoms with Gasteiger partial charge in [0.15, 0.2) is 0 Å². The van der Waals surface area contributed by atoms with E-state index >= 15 is 0 Å². The summed E-state index contributed by atoms with van der Waals surface area (Å²) in [6, 6.07) is -0.143. The van der Waals surface area contributed by atoms with Crippen LogP contribution in [0.2, 0.25) is 0 Å². The van der Waals surface area contributed by atoms with Crippen molar-refractivity contribution in [3.05, 3.63) is 0 Å². The zero-order valence-electron chi connectivity index (χ0n) is 10.0. The van der Waals surface area contributed by atoms with Gasteiger partial charge in [0.1, 0.15) is 0 Å². The van der Waals surface area contributed by atoms with Crippen LogP contribution in [-0.2, 0) is 14.3 Å². The summed E-state index contributed by atoms with van der Waals surface area (Å²) in [6.07, 6.45) is 0.844. The maximum Gasteiger partial charge on any atom is 0.407 e. The molecule has 0 aliphatic heterocycles. The Hall–Kier alpha value is -1.26. The van der Waals surface area contributed by atoms with Crippen LogP contribution in [0.3, 0.4) is 0 Å². The van der Waals surface area contributed by atoms with Gasteiger partial charge in [-0.3, -0.25) is 4.79 Å². The SMILES string of the molecule is CCOC(=O)NC1CC1(CC)C(=O)OCC. The molecule has 1 aliphatic carbocycles. The van der Waals surface area contributed by atoms with E-state index in [9.17, 15) is 9.59 Å². The lowest BCUT2D eigenvalue weighted by molar-refractivity contribution is -0.150. The first-order chi connectivity index (χ1) is 7.60. The van der Waals surface area contributed by atoms with Crippen molar-refractivity contribution in [3.8, 4) is 0 Å². The lowest BCUT2D eigenvalue weighted by Crippen LogP contribution is -2.34. The van der Waals surface area contributed by atoms with Crippen molar-refractivity contribution in [2.24, 2.45) is 5.41 Å². The minimum atomic E-state index is -0.525. The molecule has 0 aromatic heterocycles. The van der Waals surface area contributed by atoms with E-state index in [1.165, 1.54) is 0 Å². The van der Waals surface area contributed by atoms with Gasteiger partial charge in [0, 0.05) is 6.04 Å². The summed E-state index contributed by atoms with van der Waals surface area (Å²) in [4.78, 5) is 22.9. The van der Waals surface area contributed by atoms with Gasteiger partial charge in [0.2, 0.25) is 0 Å². The maximum absolute atomic E-state index is 11.7. The summed E-state index contributed by atoms with van der Waals surface area (Å²) in [5.74, 6) is -0.223. The molecule has 0 heterocycles. The van der Waals surface area contributed by atoms with Crippen LogP contribution in [0.4, 0.5) is 4.79 Å². The molecule has 2 unspecified atom stereocenters. The highest BCUT2D eigenvalue weighted by Gasteiger charge is 2.60. The van der Waals surface area contributed by atoms with E-state index in [4.69, 9.17) is 9.47 Å². The van der Waals surface area contributed by atoms with Gasteiger partial charge in [-0.1, -0.05) is 6.92 Å². The molecule has 16 heavy (non-hydrogen) atoms. The largest absolute Gasteiger partial charge is 0.466 e. The molecule has 1 saturated carbocycles. The number of amides is 1. The van der Waals surface area contributed by atoms with E-state index in [0.717, 1.165) is 0 Å². The molecule has 0 aromatic rings. The molecule has 1 N–H and O–H groups in total. The lowest BCUT2D eigenvalue weighted by atomic mass is 10.0.